The lowest BCUT2D eigenvalue weighted by molar-refractivity contribution is 0.692. The average Bonchev–Trinajstić information content (AvgIpc) is 2.58. The molecule has 0 saturated carbocycles. The summed E-state index contributed by atoms with van der Waals surface area (Å²) in [6.45, 7) is 15.8. The van der Waals surface area contributed by atoms with Crippen LogP contribution in [0.5, 0.6) is 0 Å². The van der Waals surface area contributed by atoms with Crippen molar-refractivity contribution in [3.05, 3.63) is 23.8 Å². The van der Waals surface area contributed by atoms with E-state index in [-0.39, 0.29) is 0 Å². The summed E-state index contributed by atoms with van der Waals surface area (Å²) in [5.41, 5.74) is 5.20. The molecule has 0 amide bonds. The van der Waals surface area contributed by atoms with Crippen molar-refractivity contribution in [2.24, 2.45) is 5.10 Å². The highest BCUT2D eigenvalue weighted by Crippen LogP contribution is 2.07. The first-order chi connectivity index (χ1) is 6.70. The monoisotopic (exact) mass is 196 g/mol. The molecule has 0 aromatic rings. The minimum absolute atomic E-state index is 0.344. The predicted octanol–water partition coefficient (Wildman–Crippen LogP) is 3.52. The second kappa shape index (κ2) is 10.0. The Morgan fingerprint density at radius 3 is 2.21 bits per heavy atom. The minimum atomic E-state index is 0.344. The number of hydrogen-bond acceptors (Lipinski definition) is 2. The predicted molar refractivity (Wildman–Crippen MR) is 66.7 cm³/mol. The van der Waals surface area contributed by atoms with Gasteiger partial charge in [0.1, 0.15) is 0 Å². The summed E-state index contributed by atoms with van der Waals surface area (Å²) in [5.74, 6) is 0. The summed E-state index contributed by atoms with van der Waals surface area (Å²) in [7, 11) is 0. The number of hydrogen-bond donors (Lipinski definition) is 1. The molecule has 1 N–H and O–H groups in total. The van der Waals surface area contributed by atoms with Gasteiger partial charge < -0.3 is 5.43 Å². The van der Waals surface area contributed by atoms with Crippen LogP contribution in [0.2, 0.25) is 0 Å². The van der Waals surface area contributed by atoms with Crippen molar-refractivity contribution in [3.63, 3.8) is 0 Å². The number of hydrazone groups is 1. The Morgan fingerprint density at radius 1 is 1.43 bits per heavy atom. The van der Waals surface area contributed by atoms with Crippen LogP contribution in [0.15, 0.2) is 28.9 Å². The van der Waals surface area contributed by atoms with Crippen LogP contribution in [0, 0.1) is 0 Å². The van der Waals surface area contributed by atoms with Gasteiger partial charge in [0.25, 0.3) is 0 Å². The van der Waals surface area contributed by atoms with Crippen LogP contribution >= 0.6 is 0 Å². The van der Waals surface area contributed by atoms with Crippen LogP contribution < -0.4 is 5.43 Å². The van der Waals surface area contributed by atoms with E-state index in [9.17, 15) is 0 Å². The topological polar surface area (TPSA) is 24.4 Å². The van der Waals surface area contributed by atoms with Crippen LogP contribution in [0.25, 0.3) is 0 Å². The first-order valence-corrected chi connectivity index (χ1v) is 5.36. The van der Waals surface area contributed by atoms with Gasteiger partial charge in [0.05, 0.1) is 12.3 Å². The van der Waals surface area contributed by atoms with Gasteiger partial charge in [-0.1, -0.05) is 45.9 Å². The van der Waals surface area contributed by atoms with Crippen LogP contribution in [0.1, 0.15) is 41.5 Å². The molecule has 0 aromatic carbocycles. The molecular weight excluding hydrogens is 172 g/mol. The van der Waals surface area contributed by atoms with Gasteiger partial charge in [-0.3, -0.25) is 0 Å². The fourth-order valence-corrected chi connectivity index (χ4v) is 0.857. The third-order valence-electron chi connectivity index (χ3n) is 1.39. The van der Waals surface area contributed by atoms with E-state index in [1.807, 2.05) is 46.9 Å². The summed E-state index contributed by atoms with van der Waals surface area (Å²) in [6.07, 6.45) is 3.87. The Hall–Kier alpha value is -1.05. The standard InChI is InChI=1S/C8H12N2.2C2H6/c1-6(2)4-8-5-9-10-7(8)3;2*1-2/h4-5,7,10H,1H2,2-3H3;2*1-2H3/b8-4-;;. The van der Waals surface area contributed by atoms with Gasteiger partial charge in [-0.05, 0) is 19.4 Å². The van der Waals surface area contributed by atoms with E-state index in [0.29, 0.717) is 6.04 Å². The molecule has 1 unspecified atom stereocenters. The first kappa shape index (κ1) is 15.4. The average molecular weight is 196 g/mol. The first-order valence-electron chi connectivity index (χ1n) is 5.36. The second-order valence-electron chi connectivity index (χ2n) is 2.60. The zero-order valence-corrected chi connectivity index (χ0v) is 10.4. The molecule has 0 radical (unpaired) electrons. The second-order valence-corrected chi connectivity index (χ2v) is 2.60. The largest absolute Gasteiger partial charge is 0.303 e. The van der Waals surface area contributed by atoms with Gasteiger partial charge in [0.2, 0.25) is 0 Å². The Kier molecular flexibility index (Phi) is 11.1. The molecule has 0 bridgehead atoms. The van der Waals surface area contributed by atoms with Crippen molar-refractivity contribution in [3.8, 4) is 0 Å². The smallest absolute Gasteiger partial charge is 0.0677 e. The van der Waals surface area contributed by atoms with Crippen LogP contribution in [0.4, 0.5) is 0 Å². The van der Waals surface area contributed by atoms with Crippen molar-refractivity contribution >= 4 is 6.21 Å². The summed E-state index contributed by atoms with van der Waals surface area (Å²) in [6, 6.07) is 0.344. The minimum Gasteiger partial charge on any atom is -0.303 e. The molecule has 1 aliphatic rings. The maximum atomic E-state index is 3.91. The molecule has 0 aromatic heterocycles. The van der Waals surface area contributed by atoms with Crippen LogP contribution in [0.3, 0.4) is 0 Å². The van der Waals surface area contributed by atoms with Crippen molar-refractivity contribution in [1.29, 1.82) is 0 Å². The number of nitrogens with one attached hydrogen (secondary N) is 1. The lowest BCUT2D eigenvalue weighted by Gasteiger charge is -2.02. The summed E-state index contributed by atoms with van der Waals surface area (Å²) in [4.78, 5) is 0. The van der Waals surface area contributed by atoms with Crippen LogP contribution in [-0.2, 0) is 0 Å². The molecule has 0 aliphatic carbocycles. The van der Waals surface area contributed by atoms with E-state index in [1.165, 1.54) is 5.57 Å². The maximum Gasteiger partial charge on any atom is 0.0677 e. The quantitative estimate of drug-likeness (QED) is 0.682. The normalized spacial score (nSPS) is 20.1. The van der Waals surface area contributed by atoms with E-state index in [1.54, 1.807) is 0 Å². The summed E-state index contributed by atoms with van der Waals surface area (Å²) >= 11 is 0. The maximum absolute atomic E-state index is 3.91. The zero-order chi connectivity index (χ0) is 11.6. The SMILES string of the molecule is C=C(C)/C=C1/C=NNC1C.CC.CC. The highest BCUT2D eigenvalue weighted by Gasteiger charge is 2.09. The Morgan fingerprint density at radius 2 is 1.93 bits per heavy atom. The zero-order valence-electron chi connectivity index (χ0n) is 10.4. The molecule has 1 heterocycles. The molecule has 1 atom stereocenters. The Balaban J connectivity index is 0. The number of nitrogens with zero attached hydrogens (tertiary/aromatic N) is 1. The Labute approximate surface area is 88.8 Å². The molecule has 0 fully saturated rings. The van der Waals surface area contributed by atoms with E-state index in [0.717, 1.165) is 5.57 Å². The lowest BCUT2D eigenvalue weighted by Crippen LogP contribution is -2.15. The van der Waals surface area contributed by atoms with Gasteiger partial charge in [0, 0.05) is 0 Å². The van der Waals surface area contributed by atoms with Gasteiger partial charge in [-0.2, -0.15) is 5.10 Å². The molecular formula is C12H24N2. The number of rotatable bonds is 1. The van der Waals surface area contributed by atoms with Crippen molar-refractivity contribution in [2.45, 2.75) is 47.6 Å². The highest BCUT2D eigenvalue weighted by molar-refractivity contribution is 5.82. The molecule has 2 heteroatoms. The van der Waals surface area contributed by atoms with E-state index in [2.05, 4.69) is 24.0 Å². The Bertz CT molecular complexity index is 202. The lowest BCUT2D eigenvalue weighted by atomic mass is 10.1. The van der Waals surface area contributed by atoms with E-state index >= 15 is 0 Å². The van der Waals surface area contributed by atoms with Gasteiger partial charge in [-0.15, -0.1) is 0 Å². The van der Waals surface area contributed by atoms with Gasteiger partial charge >= 0.3 is 0 Å². The molecule has 1 rings (SSSR count). The molecule has 82 valence electrons. The van der Waals surface area contributed by atoms with E-state index in [4.69, 9.17) is 0 Å². The van der Waals surface area contributed by atoms with Crippen molar-refractivity contribution in [2.75, 3.05) is 0 Å². The third-order valence-corrected chi connectivity index (χ3v) is 1.39. The van der Waals surface area contributed by atoms with Crippen LogP contribution in [-0.4, -0.2) is 12.3 Å². The van der Waals surface area contributed by atoms with Crippen molar-refractivity contribution in [1.82, 2.24) is 5.43 Å². The summed E-state index contributed by atoms with van der Waals surface area (Å²) < 4.78 is 0. The van der Waals surface area contributed by atoms with Gasteiger partial charge in [0.15, 0.2) is 0 Å². The molecule has 1 aliphatic heterocycles. The molecule has 0 spiro atoms. The highest BCUT2D eigenvalue weighted by atomic mass is 15.3. The fraction of sp³-hybridized carbons (Fsp3) is 0.583. The van der Waals surface area contributed by atoms with Crippen molar-refractivity contribution < 1.29 is 0 Å². The molecule has 14 heavy (non-hydrogen) atoms. The van der Waals surface area contributed by atoms with E-state index < -0.39 is 0 Å². The molecule has 2 nitrogen and oxygen atoms in total. The summed E-state index contributed by atoms with van der Waals surface area (Å²) in [5, 5.41) is 3.91. The molecule has 0 saturated heterocycles. The van der Waals surface area contributed by atoms with Gasteiger partial charge in [-0.25, -0.2) is 0 Å². The third kappa shape index (κ3) is 6.46. The fourth-order valence-electron chi connectivity index (χ4n) is 0.857. The number of allylic oxidation sites excluding steroid dienone is 2.